The van der Waals surface area contributed by atoms with Gasteiger partial charge >= 0.3 is 0 Å². The Morgan fingerprint density at radius 1 is 1.40 bits per heavy atom. The van der Waals surface area contributed by atoms with Gasteiger partial charge < -0.3 is 9.84 Å². The lowest BCUT2D eigenvalue weighted by Crippen LogP contribution is -2.33. The minimum atomic E-state index is -0.255. The van der Waals surface area contributed by atoms with Gasteiger partial charge in [-0.1, -0.05) is 29.8 Å². The fourth-order valence-corrected chi connectivity index (χ4v) is 2.14. The second-order valence-electron chi connectivity index (χ2n) is 3.99. The molecule has 2 rings (SSSR count). The van der Waals surface area contributed by atoms with E-state index >= 15 is 0 Å². The van der Waals surface area contributed by atoms with E-state index in [0.717, 1.165) is 23.4 Å². The average molecular weight is 227 g/mol. The Labute approximate surface area is 94.8 Å². The summed E-state index contributed by atoms with van der Waals surface area (Å²) in [5.41, 5.74) is 1.09. The van der Waals surface area contributed by atoms with Crippen LogP contribution in [0.2, 0.25) is 5.02 Å². The van der Waals surface area contributed by atoms with Crippen molar-refractivity contribution in [3.8, 4) is 0 Å². The molecule has 2 atom stereocenters. The van der Waals surface area contributed by atoms with Crippen LogP contribution >= 0.6 is 11.6 Å². The first kappa shape index (κ1) is 10.9. The second-order valence-corrected chi connectivity index (χ2v) is 4.39. The van der Waals surface area contributed by atoms with Crippen molar-refractivity contribution in [3.63, 3.8) is 0 Å². The molecule has 82 valence electrons. The van der Waals surface area contributed by atoms with E-state index in [-0.39, 0.29) is 12.0 Å². The third kappa shape index (κ3) is 2.71. The van der Waals surface area contributed by atoms with Gasteiger partial charge in [-0.15, -0.1) is 0 Å². The third-order valence-electron chi connectivity index (χ3n) is 2.87. The maximum Gasteiger partial charge on any atom is 0.0615 e. The Bertz CT molecular complexity index is 327. The van der Waals surface area contributed by atoms with Crippen molar-refractivity contribution >= 4 is 11.6 Å². The molecule has 2 nitrogen and oxygen atoms in total. The Morgan fingerprint density at radius 2 is 2.20 bits per heavy atom. The van der Waals surface area contributed by atoms with Crippen LogP contribution in [0.1, 0.15) is 12.0 Å². The van der Waals surface area contributed by atoms with Crippen LogP contribution < -0.4 is 0 Å². The molecule has 1 aromatic carbocycles. The summed E-state index contributed by atoms with van der Waals surface area (Å²) in [7, 11) is 0. The molecule has 1 aliphatic rings. The third-order valence-corrected chi connectivity index (χ3v) is 3.24. The van der Waals surface area contributed by atoms with Gasteiger partial charge in [0, 0.05) is 17.5 Å². The lowest BCUT2D eigenvalue weighted by Gasteiger charge is -2.27. The summed E-state index contributed by atoms with van der Waals surface area (Å²) in [6.07, 6.45) is 1.27. The van der Waals surface area contributed by atoms with Crippen LogP contribution in [0.3, 0.4) is 0 Å². The van der Waals surface area contributed by atoms with Crippen molar-refractivity contribution in [1.82, 2.24) is 0 Å². The number of benzene rings is 1. The number of hydrogen-bond acceptors (Lipinski definition) is 2. The van der Waals surface area contributed by atoms with E-state index in [1.807, 2.05) is 24.3 Å². The van der Waals surface area contributed by atoms with Crippen LogP contribution in [0.5, 0.6) is 0 Å². The maximum absolute atomic E-state index is 9.80. The fraction of sp³-hybridized carbons (Fsp3) is 0.500. The van der Waals surface area contributed by atoms with E-state index in [1.54, 1.807) is 0 Å². The highest BCUT2D eigenvalue weighted by molar-refractivity contribution is 6.31. The molecule has 0 amide bonds. The van der Waals surface area contributed by atoms with Gasteiger partial charge in [0.05, 0.1) is 12.7 Å². The van der Waals surface area contributed by atoms with Gasteiger partial charge in [0.1, 0.15) is 0 Å². The molecule has 1 aliphatic heterocycles. The van der Waals surface area contributed by atoms with Crippen molar-refractivity contribution < 1.29 is 9.84 Å². The lowest BCUT2D eigenvalue weighted by molar-refractivity contribution is -0.0350. The summed E-state index contributed by atoms with van der Waals surface area (Å²) in [5.74, 6) is 0.179. The molecule has 0 radical (unpaired) electrons. The Kier molecular flexibility index (Phi) is 3.62. The van der Waals surface area contributed by atoms with E-state index in [4.69, 9.17) is 16.3 Å². The number of hydrogen-bond donors (Lipinski definition) is 1. The first-order valence-corrected chi connectivity index (χ1v) is 5.64. The quantitative estimate of drug-likeness (QED) is 0.839. The van der Waals surface area contributed by atoms with Crippen LogP contribution in [-0.2, 0) is 11.2 Å². The van der Waals surface area contributed by atoms with Crippen molar-refractivity contribution in [2.24, 2.45) is 5.92 Å². The molecule has 1 saturated heterocycles. The van der Waals surface area contributed by atoms with E-state index in [1.165, 1.54) is 0 Å². The zero-order valence-electron chi connectivity index (χ0n) is 8.53. The number of halogens is 1. The number of rotatable bonds is 2. The van der Waals surface area contributed by atoms with Gasteiger partial charge in [0.2, 0.25) is 0 Å². The zero-order chi connectivity index (χ0) is 10.7. The van der Waals surface area contributed by atoms with Gasteiger partial charge in [-0.25, -0.2) is 0 Å². The lowest BCUT2D eigenvalue weighted by atomic mass is 9.91. The first-order chi connectivity index (χ1) is 7.27. The molecular formula is C12H15ClO2. The second kappa shape index (κ2) is 4.97. The standard InChI is InChI=1S/C12H15ClO2/c13-11-4-2-1-3-9(11)7-10-8-15-6-5-12(10)14/h1-4,10,12,14H,5-8H2/t10-,12+/m1/s1. The molecule has 0 aliphatic carbocycles. The molecule has 0 aromatic heterocycles. The van der Waals surface area contributed by atoms with Crippen LogP contribution in [-0.4, -0.2) is 24.4 Å². The largest absolute Gasteiger partial charge is 0.393 e. The molecule has 15 heavy (non-hydrogen) atoms. The summed E-state index contributed by atoms with van der Waals surface area (Å²) in [4.78, 5) is 0. The molecule has 0 saturated carbocycles. The van der Waals surface area contributed by atoms with E-state index in [9.17, 15) is 5.11 Å². The molecule has 0 spiro atoms. The van der Waals surface area contributed by atoms with Crippen LogP contribution in [0, 0.1) is 5.92 Å². The highest BCUT2D eigenvalue weighted by Gasteiger charge is 2.24. The molecule has 0 bridgehead atoms. The number of ether oxygens (including phenoxy) is 1. The van der Waals surface area contributed by atoms with Crippen molar-refractivity contribution in [2.75, 3.05) is 13.2 Å². The highest BCUT2D eigenvalue weighted by atomic mass is 35.5. The van der Waals surface area contributed by atoms with E-state index in [2.05, 4.69) is 0 Å². The van der Waals surface area contributed by atoms with Gasteiger partial charge in [-0.05, 0) is 24.5 Å². The summed E-state index contributed by atoms with van der Waals surface area (Å²) < 4.78 is 5.36. The van der Waals surface area contributed by atoms with Gasteiger partial charge in [-0.3, -0.25) is 0 Å². The molecular weight excluding hydrogens is 212 g/mol. The monoisotopic (exact) mass is 226 g/mol. The average Bonchev–Trinajstić information content (AvgIpc) is 2.24. The van der Waals surface area contributed by atoms with Gasteiger partial charge in [0.15, 0.2) is 0 Å². The molecule has 1 aromatic rings. The van der Waals surface area contributed by atoms with E-state index < -0.39 is 0 Å². The summed E-state index contributed by atoms with van der Waals surface area (Å²) in [5, 5.41) is 10.6. The highest BCUT2D eigenvalue weighted by Crippen LogP contribution is 2.23. The Balaban J connectivity index is 2.04. The summed E-state index contributed by atoms with van der Waals surface area (Å²) in [6, 6.07) is 7.77. The van der Waals surface area contributed by atoms with Gasteiger partial charge in [0.25, 0.3) is 0 Å². The Hall–Kier alpha value is -0.570. The van der Waals surface area contributed by atoms with Crippen molar-refractivity contribution in [2.45, 2.75) is 18.9 Å². The summed E-state index contributed by atoms with van der Waals surface area (Å²) >= 11 is 6.07. The molecule has 0 unspecified atom stereocenters. The molecule has 3 heteroatoms. The minimum absolute atomic E-state index is 0.179. The SMILES string of the molecule is O[C@H]1CCOC[C@H]1Cc1ccccc1Cl. The fourth-order valence-electron chi connectivity index (χ4n) is 1.93. The molecule has 1 N–H and O–H groups in total. The van der Waals surface area contributed by atoms with Gasteiger partial charge in [-0.2, -0.15) is 0 Å². The predicted molar refractivity (Wildman–Crippen MR) is 60.1 cm³/mol. The summed E-state index contributed by atoms with van der Waals surface area (Å²) in [6.45, 7) is 1.30. The maximum atomic E-state index is 9.80. The minimum Gasteiger partial charge on any atom is -0.393 e. The predicted octanol–water partition coefficient (Wildman–Crippen LogP) is 2.28. The smallest absolute Gasteiger partial charge is 0.0615 e. The Morgan fingerprint density at radius 3 is 2.93 bits per heavy atom. The normalized spacial score (nSPS) is 26.5. The number of aliphatic hydroxyl groups is 1. The van der Waals surface area contributed by atoms with Crippen molar-refractivity contribution in [1.29, 1.82) is 0 Å². The van der Waals surface area contributed by atoms with Crippen molar-refractivity contribution in [3.05, 3.63) is 34.9 Å². The molecule has 1 fully saturated rings. The number of aliphatic hydroxyl groups excluding tert-OH is 1. The van der Waals surface area contributed by atoms with E-state index in [0.29, 0.717) is 13.2 Å². The van der Waals surface area contributed by atoms with Crippen LogP contribution in [0.15, 0.2) is 24.3 Å². The van der Waals surface area contributed by atoms with Crippen LogP contribution in [0.25, 0.3) is 0 Å². The molecule has 1 heterocycles. The first-order valence-electron chi connectivity index (χ1n) is 5.26. The topological polar surface area (TPSA) is 29.5 Å². The zero-order valence-corrected chi connectivity index (χ0v) is 9.28. The van der Waals surface area contributed by atoms with Crippen LogP contribution in [0.4, 0.5) is 0 Å².